The lowest BCUT2D eigenvalue weighted by molar-refractivity contribution is -0.134. The van der Waals surface area contributed by atoms with Gasteiger partial charge in [-0.15, -0.1) is 0 Å². The van der Waals surface area contributed by atoms with Gasteiger partial charge < -0.3 is 4.74 Å². The van der Waals surface area contributed by atoms with Gasteiger partial charge in [0, 0.05) is 0 Å². The third kappa shape index (κ3) is 2.70. The summed E-state index contributed by atoms with van der Waals surface area (Å²) < 4.78 is 5.30. The Morgan fingerprint density at radius 2 is 2.33 bits per heavy atom. The molecule has 0 aromatic carbocycles. The average Bonchev–Trinajstić information content (AvgIpc) is 2.42. The van der Waals surface area contributed by atoms with Crippen molar-refractivity contribution < 1.29 is 14.7 Å². The number of ether oxygens (including phenoxy) is 1. The molecule has 82 valence electrons. The standard InChI is InChI=1S/C11H15NO3/c1-3-15-9-5-4-7-11(2,8-6-9)10(13)12-14/h4-8,14H,3H2,1-2H3,(H,12,13). The molecule has 0 radical (unpaired) electrons. The molecule has 0 aromatic rings. The Balaban J connectivity index is 2.85. The first-order chi connectivity index (χ1) is 7.12. The smallest absolute Gasteiger partial charge is 0.256 e. The zero-order valence-electron chi connectivity index (χ0n) is 8.86. The Kier molecular flexibility index (Phi) is 3.68. The highest BCUT2D eigenvalue weighted by molar-refractivity contribution is 5.85. The van der Waals surface area contributed by atoms with E-state index in [1.54, 1.807) is 42.8 Å². The van der Waals surface area contributed by atoms with Crippen LogP contribution < -0.4 is 5.48 Å². The molecule has 1 aliphatic rings. The molecule has 1 unspecified atom stereocenters. The number of amides is 1. The van der Waals surface area contributed by atoms with Crippen LogP contribution in [-0.2, 0) is 9.53 Å². The highest BCUT2D eigenvalue weighted by atomic mass is 16.5. The van der Waals surface area contributed by atoms with Crippen LogP contribution in [0.5, 0.6) is 0 Å². The van der Waals surface area contributed by atoms with Gasteiger partial charge in [0.05, 0.1) is 12.0 Å². The van der Waals surface area contributed by atoms with Crippen LogP contribution in [0.3, 0.4) is 0 Å². The lowest BCUT2D eigenvalue weighted by atomic mass is 9.89. The second-order valence-electron chi connectivity index (χ2n) is 3.42. The van der Waals surface area contributed by atoms with Crippen molar-refractivity contribution in [3.8, 4) is 0 Å². The maximum atomic E-state index is 11.4. The van der Waals surface area contributed by atoms with E-state index in [9.17, 15) is 4.79 Å². The van der Waals surface area contributed by atoms with E-state index in [0.717, 1.165) is 0 Å². The summed E-state index contributed by atoms with van der Waals surface area (Å²) in [4.78, 5) is 11.4. The summed E-state index contributed by atoms with van der Waals surface area (Å²) in [6, 6.07) is 0. The molecule has 1 atom stereocenters. The van der Waals surface area contributed by atoms with Crippen LogP contribution in [0.25, 0.3) is 0 Å². The second kappa shape index (κ2) is 4.79. The number of rotatable bonds is 3. The first-order valence-corrected chi connectivity index (χ1v) is 4.78. The van der Waals surface area contributed by atoms with Crippen LogP contribution in [0, 0.1) is 5.41 Å². The second-order valence-corrected chi connectivity index (χ2v) is 3.42. The predicted molar refractivity (Wildman–Crippen MR) is 56.0 cm³/mol. The molecule has 4 heteroatoms. The maximum absolute atomic E-state index is 11.4. The van der Waals surface area contributed by atoms with Gasteiger partial charge in [-0.2, -0.15) is 0 Å². The fourth-order valence-electron chi connectivity index (χ4n) is 1.24. The van der Waals surface area contributed by atoms with E-state index >= 15 is 0 Å². The summed E-state index contributed by atoms with van der Waals surface area (Å²) in [5.41, 5.74) is 0.801. The molecule has 0 saturated heterocycles. The molecule has 0 aromatic heterocycles. The molecule has 15 heavy (non-hydrogen) atoms. The Bertz CT molecular complexity index is 331. The van der Waals surface area contributed by atoms with Crippen LogP contribution in [0.2, 0.25) is 0 Å². The monoisotopic (exact) mass is 209 g/mol. The molecule has 4 nitrogen and oxygen atoms in total. The summed E-state index contributed by atoms with van der Waals surface area (Å²) >= 11 is 0. The van der Waals surface area contributed by atoms with E-state index in [-0.39, 0.29) is 0 Å². The largest absolute Gasteiger partial charge is 0.494 e. The zero-order valence-corrected chi connectivity index (χ0v) is 8.86. The summed E-state index contributed by atoms with van der Waals surface area (Å²) in [5.74, 6) is 0.226. The van der Waals surface area contributed by atoms with Gasteiger partial charge in [-0.3, -0.25) is 10.0 Å². The minimum atomic E-state index is -0.843. The topological polar surface area (TPSA) is 58.6 Å². The predicted octanol–water partition coefficient (Wildman–Crippen LogP) is 1.54. The van der Waals surface area contributed by atoms with Gasteiger partial charge in [0.1, 0.15) is 5.76 Å². The molecule has 0 bridgehead atoms. The molecule has 0 heterocycles. The highest BCUT2D eigenvalue weighted by Gasteiger charge is 2.27. The van der Waals surface area contributed by atoms with Crippen LogP contribution in [-0.4, -0.2) is 17.7 Å². The van der Waals surface area contributed by atoms with Gasteiger partial charge >= 0.3 is 0 Å². The summed E-state index contributed by atoms with van der Waals surface area (Å²) in [6.45, 7) is 4.17. The molecule has 0 saturated carbocycles. The lowest BCUT2D eigenvalue weighted by Crippen LogP contribution is -2.34. The van der Waals surface area contributed by atoms with Crippen molar-refractivity contribution in [3.05, 3.63) is 36.1 Å². The SMILES string of the molecule is CCOC1=CC=CC(C)(C(=O)NO)C=C1. The number of nitrogens with one attached hydrogen (secondary N) is 1. The van der Waals surface area contributed by atoms with Gasteiger partial charge in [-0.1, -0.05) is 18.2 Å². The van der Waals surface area contributed by atoms with E-state index in [4.69, 9.17) is 9.94 Å². The van der Waals surface area contributed by atoms with Crippen molar-refractivity contribution >= 4 is 5.91 Å². The van der Waals surface area contributed by atoms with Crippen molar-refractivity contribution in [1.29, 1.82) is 0 Å². The van der Waals surface area contributed by atoms with Crippen molar-refractivity contribution in [2.24, 2.45) is 5.41 Å². The molecular formula is C11H15NO3. The maximum Gasteiger partial charge on any atom is 0.256 e. The number of carbonyl (C=O) groups is 1. The highest BCUT2D eigenvalue weighted by Crippen LogP contribution is 2.24. The Labute approximate surface area is 88.9 Å². The molecular weight excluding hydrogens is 194 g/mol. The van der Waals surface area contributed by atoms with Gasteiger partial charge in [-0.05, 0) is 26.0 Å². The zero-order chi connectivity index (χ0) is 11.3. The van der Waals surface area contributed by atoms with Gasteiger partial charge in [0.2, 0.25) is 0 Å². The summed E-state index contributed by atoms with van der Waals surface area (Å²) in [5, 5.41) is 8.60. The number of hydroxylamine groups is 1. The number of carbonyl (C=O) groups excluding carboxylic acids is 1. The van der Waals surface area contributed by atoms with Gasteiger partial charge in [0.25, 0.3) is 5.91 Å². The summed E-state index contributed by atoms with van der Waals surface area (Å²) in [7, 11) is 0. The van der Waals surface area contributed by atoms with Gasteiger partial charge in [0.15, 0.2) is 0 Å². The van der Waals surface area contributed by atoms with Crippen molar-refractivity contribution in [2.45, 2.75) is 13.8 Å². The lowest BCUT2D eigenvalue weighted by Gasteiger charge is -2.17. The molecule has 0 spiro atoms. The van der Waals surface area contributed by atoms with Gasteiger partial charge in [-0.25, -0.2) is 5.48 Å². The van der Waals surface area contributed by atoms with E-state index in [2.05, 4.69) is 0 Å². The van der Waals surface area contributed by atoms with Crippen LogP contribution in [0.15, 0.2) is 36.1 Å². The van der Waals surface area contributed by atoms with Crippen LogP contribution in [0.1, 0.15) is 13.8 Å². The van der Waals surface area contributed by atoms with Crippen molar-refractivity contribution in [2.75, 3.05) is 6.61 Å². The molecule has 1 aliphatic carbocycles. The number of hydrogen-bond acceptors (Lipinski definition) is 3. The Hall–Kier alpha value is -1.55. The number of allylic oxidation sites excluding steroid dienone is 3. The van der Waals surface area contributed by atoms with Crippen LogP contribution >= 0.6 is 0 Å². The molecule has 1 amide bonds. The third-order valence-electron chi connectivity index (χ3n) is 2.20. The molecule has 2 N–H and O–H groups in total. The molecule has 1 rings (SSSR count). The van der Waals surface area contributed by atoms with Crippen molar-refractivity contribution in [3.63, 3.8) is 0 Å². The fourth-order valence-corrected chi connectivity index (χ4v) is 1.24. The van der Waals surface area contributed by atoms with E-state index in [1.807, 2.05) is 6.92 Å². The minimum Gasteiger partial charge on any atom is -0.494 e. The fraction of sp³-hybridized carbons (Fsp3) is 0.364. The van der Waals surface area contributed by atoms with E-state index < -0.39 is 11.3 Å². The average molecular weight is 209 g/mol. The quantitative estimate of drug-likeness (QED) is 0.547. The van der Waals surface area contributed by atoms with Crippen LogP contribution in [0.4, 0.5) is 0 Å². The third-order valence-corrected chi connectivity index (χ3v) is 2.20. The minimum absolute atomic E-state index is 0.471. The van der Waals surface area contributed by atoms with E-state index in [1.165, 1.54) is 0 Å². The molecule has 0 aliphatic heterocycles. The normalized spacial score (nSPS) is 24.3. The molecule has 0 fully saturated rings. The Morgan fingerprint density at radius 1 is 1.60 bits per heavy atom. The number of hydrogen-bond donors (Lipinski definition) is 2. The van der Waals surface area contributed by atoms with Crippen molar-refractivity contribution in [1.82, 2.24) is 5.48 Å². The van der Waals surface area contributed by atoms with E-state index in [0.29, 0.717) is 12.4 Å². The first kappa shape index (κ1) is 11.5. The first-order valence-electron chi connectivity index (χ1n) is 4.78. The Morgan fingerprint density at radius 3 is 2.93 bits per heavy atom. The summed E-state index contributed by atoms with van der Waals surface area (Å²) in [6.07, 6.45) is 8.61.